The number of aromatic nitrogens is 1. The van der Waals surface area contributed by atoms with Crippen LogP contribution in [0.5, 0.6) is 5.75 Å². The van der Waals surface area contributed by atoms with Gasteiger partial charge in [-0.2, -0.15) is 0 Å². The van der Waals surface area contributed by atoms with E-state index in [9.17, 15) is 0 Å². The number of nitrogens with two attached hydrogens (primary N) is 1. The molecule has 1 aromatic carbocycles. The number of nitrogens with one attached hydrogen (secondary N) is 1. The van der Waals surface area contributed by atoms with E-state index < -0.39 is 0 Å². The number of benzene rings is 1. The first-order chi connectivity index (χ1) is 9.58. The van der Waals surface area contributed by atoms with Gasteiger partial charge in [0.25, 0.3) is 0 Å². The number of nitrogens with zero attached hydrogens (tertiary/aromatic N) is 1. The fraction of sp³-hybridized carbons (Fsp3) is 0.312. The summed E-state index contributed by atoms with van der Waals surface area (Å²) in [7, 11) is 0. The fourth-order valence-corrected chi connectivity index (χ4v) is 2.04. The van der Waals surface area contributed by atoms with Crippen molar-refractivity contribution in [1.82, 2.24) is 4.98 Å². The van der Waals surface area contributed by atoms with Crippen LogP contribution < -0.4 is 15.8 Å². The monoisotopic (exact) mass is 271 g/mol. The van der Waals surface area contributed by atoms with Gasteiger partial charge in [0.15, 0.2) is 11.6 Å². The molecule has 0 spiro atoms. The number of hydrogen-bond donors (Lipinski definition) is 2. The molecule has 0 saturated carbocycles. The van der Waals surface area contributed by atoms with Crippen molar-refractivity contribution in [2.75, 3.05) is 11.1 Å². The van der Waals surface area contributed by atoms with Crippen molar-refractivity contribution >= 4 is 11.5 Å². The van der Waals surface area contributed by atoms with E-state index >= 15 is 0 Å². The second-order valence-corrected chi connectivity index (χ2v) is 5.01. The van der Waals surface area contributed by atoms with E-state index in [1.807, 2.05) is 50.2 Å². The molecule has 3 N–H and O–H groups in total. The van der Waals surface area contributed by atoms with Crippen molar-refractivity contribution in [2.45, 2.75) is 32.9 Å². The Morgan fingerprint density at radius 3 is 2.55 bits per heavy atom. The number of pyridine rings is 1. The van der Waals surface area contributed by atoms with Gasteiger partial charge in [0.1, 0.15) is 0 Å². The number of ether oxygens (including phenoxy) is 1. The Balaban J connectivity index is 2.20. The number of para-hydroxylation sites is 1. The lowest BCUT2D eigenvalue weighted by Gasteiger charge is -2.19. The van der Waals surface area contributed by atoms with Crippen LogP contribution in [-0.4, -0.2) is 11.1 Å². The maximum absolute atomic E-state index is 6.00. The molecule has 0 bridgehead atoms. The van der Waals surface area contributed by atoms with Gasteiger partial charge < -0.3 is 15.8 Å². The van der Waals surface area contributed by atoms with E-state index in [0.29, 0.717) is 0 Å². The molecule has 0 fully saturated rings. The minimum Gasteiger partial charge on any atom is -0.487 e. The van der Waals surface area contributed by atoms with Gasteiger partial charge in [0, 0.05) is 11.9 Å². The first-order valence-electron chi connectivity index (χ1n) is 6.80. The van der Waals surface area contributed by atoms with Gasteiger partial charge in [0.05, 0.1) is 12.1 Å². The van der Waals surface area contributed by atoms with Crippen molar-refractivity contribution in [3.8, 4) is 5.75 Å². The average molecular weight is 271 g/mol. The van der Waals surface area contributed by atoms with Gasteiger partial charge in [0.2, 0.25) is 0 Å². The molecule has 1 unspecified atom stereocenters. The van der Waals surface area contributed by atoms with Crippen LogP contribution in [0.1, 0.15) is 32.4 Å². The van der Waals surface area contributed by atoms with E-state index in [2.05, 4.69) is 17.2 Å². The molecule has 20 heavy (non-hydrogen) atoms. The smallest absolute Gasteiger partial charge is 0.169 e. The van der Waals surface area contributed by atoms with Gasteiger partial charge in [-0.3, -0.25) is 0 Å². The fourth-order valence-electron chi connectivity index (χ4n) is 2.04. The maximum atomic E-state index is 6.00. The molecule has 2 aromatic rings. The van der Waals surface area contributed by atoms with Gasteiger partial charge in [-0.1, -0.05) is 18.2 Å². The zero-order valence-electron chi connectivity index (χ0n) is 12.1. The lowest BCUT2D eigenvalue weighted by Crippen LogP contribution is -2.13. The molecule has 4 heteroatoms. The summed E-state index contributed by atoms with van der Waals surface area (Å²) in [6.07, 6.45) is 1.85. The Morgan fingerprint density at radius 2 is 1.85 bits per heavy atom. The second-order valence-electron chi connectivity index (χ2n) is 5.01. The van der Waals surface area contributed by atoms with E-state index in [-0.39, 0.29) is 12.1 Å². The van der Waals surface area contributed by atoms with Crippen LogP contribution in [0.3, 0.4) is 0 Å². The van der Waals surface area contributed by atoms with E-state index in [1.54, 1.807) is 6.20 Å². The summed E-state index contributed by atoms with van der Waals surface area (Å²) in [4.78, 5) is 4.35. The van der Waals surface area contributed by atoms with Crippen LogP contribution in [0, 0.1) is 0 Å². The number of anilines is 2. The first-order valence-corrected chi connectivity index (χ1v) is 6.80. The van der Waals surface area contributed by atoms with Gasteiger partial charge in [-0.15, -0.1) is 0 Å². The van der Waals surface area contributed by atoms with Crippen LogP contribution >= 0.6 is 0 Å². The summed E-state index contributed by atoms with van der Waals surface area (Å²) in [6.45, 7) is 6.05. The topological polar surface area (TPSA) is 60.2 Å². The Morgan fingerprint density at radius 1 is 1.10 bits per heavy atom. The summed E-state index contributed by atoms with van der Waals surface area (Å²) in [5.74, 6) is 1.49. The van der Waals surface area contributed by atoms with Crippen molar-refractivity contribution in [2.24, 2.45) is 0 Å². The minimum atomic E-state index is 0.0561. The van der Waals surface area contributed by atoms with Gasteiger partial charge in [-0.25, -0.2) is 4.98 Å². The Bertz CT molecular complexity index is 569. The van der Waals surface area contributed by atoms with Crippen molar-refractivity contribution in [3.63, 3.8) is 0 Å². The lowest BCUT2D eigenvalue weighted by atomic mass is 10.1. The summed E-state index contributed by atoms with van der Waals surface area (Å²) in [5.41, 5.74) is 7.82. The molecule has 4 nitrogen and oxygen atoms in total. The third-order valence-corrected chi connectivity index (χ3v) is 2.95. The molecule has 0 radical (unpaired) electrons. The third kappa shape index (κ3) is 3.41. The van der Waals surface area contributed by atoms with Gasteiger partial charge >= 0.3 is 0 Å². The van der Waals surface area contributed by atoms with Crippen LogP contribution in [0.4, 0.5) is 11.5 Å². The molecule has 2 rings (SSSR count). The molecule has 0 amide bonds. The predicted octanol–water partition coefficient (Wildman–Crippen LogP) is 3.62. The highest BCUT2D eigenvalue weighted by atomic mass is 16.5. The zero-order chi connectivity index (χ0) is 14.5. The highest BCUT2D eigenvalue weighted by Gasteiger charge is 2.12. The first kappa shape index (κ1) is 14.2. The molecule has 106 valence electrons. The molecule has 1 heterocycles. The summed E-state index contributed by atoms with van der Waals surface area (Å²) >= 11 is 0. The lowest BCUT2D eigenvalue weighted by molar-refractivity contribution is 0.242. The molecular formula is C16H21N3O. The van der Waals surface area contributed by atoms with Crippen molar-refractivity contribution in [3.05, 3.63) is 48.2 Å². The maximum Gasteiger partial charge on any atom is 0.169 e. The summed E-state index contributed by atoms with van der Waals surface area (Å²) in [5, 5.41) is 3.36. The van der Waals surface area contributed by atoms with Crippen LogP contribution in [0.15, 0.2) is 42.6 Å². The Hall–Kier alpha value is -2.23. The van der Waals surface area contributed by atoms with E-state index in [1.165, 1.54) is 0 Å². The van der Waals surface area contributed by atoms with Crippen LogP contribution in [0.2, 0.25) is 0 Å². The number of nitrogen functional groups attached to an aromatic ring is 1. The highest BCUT2D eigenvalue weighted by Crippen LogP contribution is 2.28. The molecular weight excluding hydrogens is 250 g/mol. The SMILES string of the molecule is CC(C)Oc1cccnc1NC(C)c1ccccc1N. The zero-order valence-corrected chi connectivity index (χ0v) is 12.1. The van der Waals surface area contributed by atoms with E-state index in [4.69, 9.17) is 10.5 Å². The van der Waals surface area contributed by atoms with Crippen LogP contribution in [0.25, 0.3) is 0 Å². The largest absolute Gasteiger partial charge is 0.487 e. The molecule has 0 saturated heterocycles. The number of hydrogen-bond acceptors (Lipinski definition) is 4. The molecule has 0 aliphatic carbocycles. The standard InChI is InChI=1S/C16H21N3O/c1-11(2)20-15-9-6-10-18-16(15)19-12(3)13-7-4-5-8-14(13)17/h4-12H,17H2,1-3H3,(H,18,19). The molecule has 0 aliphatic rings. The summed E-state index contributed by atoms with van der Waals surface area (Å²) < 4.78 is 5.76. The predicted molar refractivity (Wildman–Crippen MR) is 82.9 cm³/mol. The average Bonchev–Trinajstić information content (AvgIpc) is 2.41. The number of rotatable bonds is 5. The Kier molecular flexibility index (Phi) is 4.45. The van der Waals surface area contributed by atoms with Crippen molar-refractivity contribution < 1.29 is 4.74 Å². The third-order valence-electron chi connectivity index (χ3n) is 2.95. The highest BCUT2D eigenvalue weighted by molar-refractivity contribution is 5.55. The van der Waals surface area contributed by atoms with Gasteiger partial charge in [-0.05, 0) is 44.5 Å². The Labute approximate surface area is 120 Å². The molecule has 0 aliphatic heterocycles. The quantitative estimate of drug-likeness (QED) is 0.815. The van der Waals surface area contributed by atoms with Crippen LogP contribution in [-0.2, 0) is 0 Å². The second kappa shape index (κ2) is 6.28. The van der Waals surface area contributed by atoms with E-state index in [0.717, 1.165) is 22.8 Å². The molecule has 1 atom stereocenters. The normalized spacial score (nSPS) is 12.2. The van der Waals surface area contributed by atoms with Crippen molar-refractivity contribution in [1.29, 1.82) is 0 Å². The molecule has 1 aromatic heterocycles. The summed E-state index contributed by atoms with van der Waals surface area (Å²) in [6, 6.07) is 11.7. The minimum absolute atomic E-state index is 0.0561.